The minimum atomic E-state index is -0.128. The van der Waals surface area contributed by atoms with Crippen molar-refractivity contribution in [2.75, 3.05) is 11.1 Å². The molecule has 1 amide bonds. The average molecular weight is 486 g/mol. The van der Waals surface area contributed by atoms with Crippen molar-refractivity contribution in [2.45, 2.75) is 5.16 Å². The summed E-state index contributed by atoms with van der Waals surface area (Å²) >= 11 is 6.18. The van der Waals surface area contributed by atoms with Gasteiger partial charge < -0.3 is 9.88 Å². The lowest BCUT2D eigenvalue weighted by molar-refractivity contribution is -0.113. The highest BCUT2D eigenvalue weighted by atomic mass is 79.9. The number of halogens is 1. The normalized spacial score (nSPS) is 10.8. The Morgan fingerprint density at radius 3 is 2.62 bits per heavy atom. The summed E-state index contributed by atoms with van der Waals surface area (Å²) in [5.41, 5.74) is 2.85. The molecule has 146 valence electrons. The molecular weight excluding hydrogens is 470 g/mol. The first-order chi connectivity index (χ1) is 14.1. The highest BCUT2D eigenvalue weighted by Crippen LogP contribution is 2.26. The second-order valence-electron chi connectivity index (χ2n) is 6.11. The van der Waals surface area contributed by atoms with Crippen LogP contribution < -0.4 is 5.32 Å². The molecule has 0 radical (unpaired) electrons. The first kappa shape index (κ1) is 19.8. The van der Waals surface area contributed by atoms with Gasteiger partial charge >= 0.3 is 0 Å². The molecular formula is C20H16BrN5OS2. The molecule has 0 saturated heterocycles. The summed E-state index contributed by atoms with van der Waals surface area (Å²) < 4.78 is 2.89. The number of carbonyl (C=O) groups is 1. The van der Waals surface area contributed by atoms with Gasteiger partial charge in [-0.05, 0) is 12.1 Å². The number of thiazole rings is 1. The van der Waals surface area contributed by atoms with Crippen molar-refractivity contribution in [1.82, 2.24) is 19.7 Å². The molecule has 2 heterocycles. The van der Waals surface area contributed by atoms with Crippen molar-refractivity contribution in [3.8, 4) is 22.6 Å². The largest absolute Gasteiger partial charge is 0.305 e. The van der Waals surface area contributed by atoms with Crippen LogP contribution in [0.4, 0.5) is 5.13 Å². The second kappa shape index (κ2) is 8.89. The maximum atomic E-state index is 12.3. The van der Waals surface area contributed by atoms with Crippen LogP contribution in [-0.2, 0) is 11.8 Å². The van der Waals surface area contributed by atoms with Crippen molar-refractivity contribution in [3.05, 3.63) is 64.5 Å². The quantitative estimate of drug-likeness (QED) is 0.384. The molecule has 6 nitrogen and oxygen atoms in total. The molecule has 4 aromatic rings. The molecule has 0 spiro atoms. The van der Waals surface area contributed by atoms with Gasteiger partial charge in [-0.2, -0.15) is 0 Å². The van der Waals surface area contributed by atoms with Gasteiger partial charge in [0.05, 0.1) is 11.4 Å². The number of aromatic nitrogens is 4. The van der Waals surface area contributed by atoms with Crippen molar-refractivity contribution in [2.24, 2.45) is 7.05 Å². The highest BCUT2D eigenvalue weighted by Gasteiger charge is 2.14. The van der Waals surface area contributed by atoms with Gasteiger partial charge in [0, 0.05) is 28.0 Å². The molecule has 0 aliphatic rings. The van der Waals surface area contributed by atoms with E-state index >= 15 is 0 Å². The number of hydrogen-bond acceptors (Lipinski definition) is 6. The van der Waals surface area contributed by atoms with Crippen LogP contribution in [-0.4, -0.2) is 31.4 Å². The third-order valence-corrected chi connectivity index (χ3v) is 6.40. The molecule has 2 aromatic carbocycles. The number of carbonyl (C=O) groups excluding carboxylic acids is 1. The lowest BCUT2D eigenvalue weighted by Gasteiger charge is -2.04. The number of nitrogens with zero attached hydrogens (tertiary/aromatic N) is 4. The van der Waals surface area contributed by atoms with Gasteiger partial charge in [0.25, 0.3) is 0 Å². The predicted molar refractivity (Wildman–Crippen MR) is 121 cm³/mol. The lowest BCUT2D eigenvalue weighted by atomic mass is 10.2. The molecule has 0 unspecified atom stereocenters. The van der Waals surface area contributed by atoms with E-state index in [0.29, 0.717) is 10.3 Å². The molecule has 0 saturated carbocycles. The summed E-state index contributed by atoms with van der Waals surface area (Å²) in [6.07, 6.45) is 0. The SMILES string of the molecule is Cn1c(SCC(=O)Nc2nc(-c3ccccc3)cs2)nnc1-c1ccc(Br)cc1. The number of nitrogens with one attached hydrogen (secondary N) is 1. The second-order valence-corrected chi connectivity index (χ2v) is 8.83. The number of amides is 1. The fraction of sp³-hybridized carbons (Fsp3) is 0.100. The summed E-state index contributed by atoms with van der Waals surface area (Å²) in [7, 11) is 1.89. The molecule has 29 heavy (non-hydrogen) atoms. The number of anilines is 1. The van der Waals surface area contributed by atoms with Gasteiger partial charge in [-0.15, -0.1) is 21.5 Å². The Labute approximate surface area is 184 Å². The van der Waals surface area contributed by atoms with E-state index in [1.165, 1.54) is 23.1 Å². The van der Waals surface area contributed by atoms with Gasteiger partial charge in [0.2, 0.25) is 5.91 Å². The fourth-order valence-corrected chi connectivity index (χ4v) is 4.36. The van der Waals surface area contributed by atoms with E-state index in [9.17, 15) is 4.79 Å². The summed E-state index contributed by atoms with van der Waals surface area (Å²) in [5, 5.41) is 14.5. The maximum absolute atomic E-state index is 12.3. The molecule has 9 heteroatoms. The van der Waals surface area contributed by atoms with E-state index in [0.717, 1.165) is 27.1 Å². The lowest BCUT2D eigenvalue weighted by Crippen LogP contribution is -2.14. The molecule has 0 aliphatic carbocycles. The van der Waals surface area contributed by atoms with E-state index in [1.807, 2.05) is 71.6 Å². The topological polar surface area (TPSA) is 72.7 Å². The maximum Gasteiger partial charge on any atom is 0.236 e. The zero-order valence-corrected chi connectivity index (χ0v) is 18.6. The van der Waals surface area contributed by atoms with Gasteiger partial charge in [-0.1, -0.05) is 70.2 Å². The first-order valence-corrected chi connectivity index (χ1v) is 11.3. The average Bonchev–Trinajstić information content (AvgIpc) is 3.35. The minimum Gasteiger partial charge on any atom is -0.305 e. The van der Waals surface area contributed by atoms with E-state index in [4.69, 9.17) is 0 Å². The molecule has 0 fully saturated rings. The van der Waals surface area contributed by atoms with Gasteiger partial charge in [0.15, 0.2) is 16.1 Å². The van der Waals surface area contributed by atoms with Crippen molar-refractivity contribution < 1.29 is 4.79 Å². The number of benzene rings is 2. The third kappa shape index (κ3) is 4.75. The predicted octanol–water partition coefficient (Wildman–Crippen LogP) is 5.10. The van der Waals surface area contributed by atoms with Crippen LogP contribution >= 0.6 is 39.0 Å². The minimum absolute atomic E-state index is 0.128. The Morgan fingerprint density at radius 1 is 1.10 bits per heavy atom. The van der Waals surface area contributed by atoms with Crippen LogP contribution in [0.5, 0.6) is 0 Å². The Kier molecular flexibility index (Phi) is 6.08. The summed E-state index contributed by atoms with van der Waals surface area (Å²) in [6.45, 7) is 0. The Morgan fingerprint density at radius 2 is 1.86 bits per heavy atom. The zero-order chi connectivity index (χ0) is 20.2. The molecule has 0 aliphatic heterocycles. The van der Waals surface area contributed by atoms with Crippen LogP contribution in [0, 0.1) is 0 Å². The monoisotopic (exact) mass is 485 g/mol. The van der Waals surface area contributed by atoms with Crippen molar-refractivity contribution in [3.63, 3.8) is 0 Å². The number of thioether (sulfide) groups is 1. The van der Waals surface area contributed by atoms with E-state index in [1.54, 1.807) is 0 Å². The van der Waals surface area contributed by atoms with E-state index in [2.05, 4.69) is 36.4 Å². The Balaban J connectivity index is 1.37. The van der Waals surface area contributed by atoms with Crippen molar-refractivity contribution in [1.29, 1.82) is 0 Å². The van der Waals surface area contributed by atoms with Gasteiger partial charge in [-0.25, -0.2) is 4.98 Å². The first-order valence-electron chi connectivity index (χ1n) is 8.69. The molecule has 0 bridgehead atoms. The summed E-state index contributed by atoms with van der Waals surface area (Å²) in [4.78, 5) is 16.8. The molecule has 0 atom stereocenters. The van der Waals surface area contributed by atoms with Gasteiger partial charge in [-0.3, -0.25) is 4.79 Å². The van der Waals surface area contributed by atoms with Crippen molar-refractivity contribution >= 4 is 50.1 Å². The number of hydrogen-bond donors (Lipinski definition) is 1. The number of rotatable bonds is 6. The van der Waals surface area contributed by atoms with Crippen LogP contribution in [0.2, 0.25) is 0 Å². The standard InChI is InChI=1S/C20H16BrN5OS2/c1-26-18(14-7-9-15(21)10-8-14)24-25-20(26)29-12-17(27)23-19-22-16(11-28-19)13-5-3-2-4-6-13/h2-11H,12H2,1H3,(H,22,23,27). The van der Waals surface area contributed by atoms with Crippen LogP contribution in [0.15, 0.2) is 69.6 Å². The van der Waals surface area contributed by atoms with Crippen LogP contribution in [0.1, 0.15) is 0 Å². The van der Waals surface area contributed by atoms with Crippen LogP contribution in [0.3, 0.4) is 0 Å². The fourth-order valence-electron chi connectivity index (χ4n) is 2.65. The Hall–Kier alpha value is -2.49. The zero-order valence-electron chi connectivity index (χ0n) is 15.4. The smallest absolute Gasteiger partial charge is 0.236 e. The molecule has 2 aromatic heterocycles. The van der Waals surface area contributed by atoms with E-state index in [-0.39, 0.29) is 11.7 Å². The van der Waals surface area contributed by atoms with Gasteiger partial charge in [0.1, 0.15) is 0 Å². The molecule has 1 N–H and O–H groups in total. The third-order valence-electron chi connectivity index (χ3n) is 4.09. The van der Waals surface area contributed by atoms with Crippen LogP contribution in [0.25, 0.3) is 22.6 Å². The highest BCUT2D eigenvalue weighted by molar-refractivity contribution is 9.10. The summed E-state index contributed by atoms with van der Waals surface area (Å²) in [5.74, 6) is 0.858. The summed E-state index contributed by atoms with van der Waals surface area (Å²) in [6, 6.07) is 17.7. The molecule has 4 rings (SSSR count). The Bertz CT molecular complexity index is 1130. The van der Waals surface area contributed by atoms with E-state index < -0.39 is 0 Å².